The number of ether oxygens (including phenoxy) is 1. The Morgan fingerprint density at radius 1 is 0.917 bits per heavy atom. The standard InChI is InChI=1S/C20H18N2O2/c1-24-17-12-10-16(11-13-17)19(15-7-3-2-4-8-15)22-20(23)18-9-5-6-14-21-18/h2-14,19H,1H3,(H,22,23)/t19-/m1/s1. The molecule has 0 saturated heterocycles. The van der Waals surface area contributed by atoms with Crippen molar-refractivity contribution in [2.45, 2.75) is 6.04 Å². The zero-order valence-electron chi connectivity index (χ0n) is 13.3. The number of carbonyl (C=O) groups is 1. The van der Waals surface area contributed by atoms with Crippen LogP contribution in [0.15, 0.2) is 79.0 Å². The molecule has 0 fully saturated rings. The van der Waals surface area contributed by atoms with Crippen molar-refractivity contribution in [2.24, 2.45) is 0 Å². The van der Waals surface area contributed by atoms with E-state index in [1.807, 2.05) is 54.6 Å². The van der Waals surface area contributed by atoms with Crippen molar-refractivity contribution in [3.8, 4) is 5.75 Å². The van der Waals surface area contributed by atoms with Crippen molar-refractivity contribution >= 4 is 5.91 Å². The van der Waals surface area contributed by atoms with Crippen LogP contribution in [0.2, 0.25) is 0 Å². The van der Waals surface area contributed by atoms with Gasteiger partial charge in [0.25, 0.3) is 5.91 Å². The molecule has 1 heterocycles. The van der Waals surface area contributed by atoms with Crippen molar-refractivity contribution in [3.05, 3.63) is 95.8 Å². The molecule has 4 nitrogen and oxygen atoms in total. The molecule has 0 radical (unpaired) electrons. The SMILES string of the molecule is COc1ccc([C@H](NC(=O)c2ccccn2)c2ccccc2)cc1. The first kappa shape index (κ1) is 15.7. The first-order valence-electron chi connectivity index (χ1n) is 7.69. The molecule has 1 atom stereocenters. The second-order valence-corrected chi connectivity index (χ2v) is 5.31. The molecule has 0 saturated carbocycles. The van der Waals surface area contributed by atoms with Gasteiger partial charge in [-0.3, -0.25) is 9.78 Å². The third-order valence-corrected chi connectivity index (χ3v) is 3.76. The van der Waals surface area contributed by atoms with Crippen LogP contribution in [-0.4, -0.2) is 18.0 Å². The zero-order valence-corrected chi connectivity index (χ0v) is 13.3. The van der Waals surface area contributed by atoms with Gasteiger partial charge in [0.05, 0.1) is 13.2 Å². The van der Waals surface area contributed by atoms with Crippen LogP contribution in [0.3, 0.4) is 0 Å². The zero-order chi connectivity index (χ0) is 16.8. The van der Waals surface area contributed by atoms with Gasteiger partial charge in [-0.05, 0) is 35.4 Å². The van der Waals surface area contributed by atoms with Crippen LogP contribution in [0, 0.1) is 0 Å². The van der Waals surface area contributed by atoms with E-state index in [1.165, 1.54) is 0 Å². The second-order valence-electron chi connectivity index (χ2n) is 5.31. The van der Waals surface area contributed by atoms with Crippen molar-refractivity contribution < 1.29 is 9.53 Å². The Balaban J connectivity index is 1.91. The van der Waals surface area contributed by atoms with Crippen LogP contribution >= 0.6 is 0 Å². The quantitative estimate of drug-likeness (QED) is 0.782. The van der Waals surface area contributed by atoms with Crippen molar-refractivity contribution in [1.82, 2.24) is 10.3 Å². The van der Waals surface area contributed by atoms with Gasteiger partial charge in [0.2, 0.25) is 0 Å². The topological polar surface area (TPSA) is 51.2 Å². The van der Waals surface area contributed by atoms with Gasteiger partial charge in [0.15, 0.2) is 0 Å². The number of nitrogens with zero attached hydrogens (tertiary/aromatic N) is 1. The number of carbonyl (C=O) groups excluding carboxylic acids is 1. The molecule has 0 unspecified atom stereocenters. The third-order valence-electron chi connectivity index (χ3n) is 3.76. The van der Waals surface area contributed by atoms with Gasteiger partial charge < -0.3 is 10.1 Å². The van der Waals surface area contributed by atoms with Crippen molar-refractivity contribution in [1.29, 1.82) is 0 Å². The van der Waals surface area contributed by atoms with Gasteiger partial charge in [-0.2, -0.15) is 0 Å². The first-order chi connectivity index (χ1) is 11.8. The highest BCUT2D eigenvalue weighted by molar-refractivity contribution is 5.92. The van der Waals surface area contributed by atoms with Crippen LogP contribution in [0.5, 0.6) is 5.75 Å². The fourth-order valence-corrected chi connectivity index (χ4v) is 2.50. The van der Waals surface area contributed by atoms with Crippen LogP contribution in [0.25, 0.3) is 0 Å². The summed E-state index contributed by atoms with van der Waals surface area (Å²) < 4.78 is 5.21. The molecule has 0 aliphatic rings. The second kappa shape index (κ2) is 7.42. The van der Waals surface area contributed by atoms with E-state index in [4.69, 9.17) is 4.74 Å². The predicted molar refractivity (Wildman–Crippen MR) is 93.0 cm³/mol. The molecule has 0 aliphatic carbocycles. The number of hydrogen-bond acceptors (Lipinski definition) is 3. The summed E-state index contributed by atoms with van der Waals surface area (Å²) in [4.78, 5) is 16.6. The van der Waals surface area contributed by atoms with Crippen molar-refractivity contribution in [3.63, 3.8) is 0 Å². The molecule has 2 aromatic carbocycles. The fraction of sp³-hybridized carbons (Fsp3) is 0.100. The maximum Gasteiger partial charge on any atom is 0.270 e. The van der Waals surface area contributed by atoms with Gasteiger partial charge >= 0.3 is 0 Å². The Kier molecular flexibility index (Phi) is 4.87. The van der Waals surface area contributed by atoms with E-state index in [1.54, 1.807) is 31.5 Å². The molecule has 3 rings (SSSR count). The smallest absolute Gasteiger partial charge is 0.270 e. The lowest BCUT2D eigenvalue weighted by molar-refractivity contribution is 0.0938. The molecule has 0 bridgehead atoms. The largest absolute Gasteiger partial charge is 0.497 e. The number of rotatable bonds is 5. The van der Waals surface area contributed by atoms with E-state index in [9.17, 15) is 4.79 Å². The molecule has 4 heteroatoms. The van der Waals surface area contributed by atoms with Gasteiger partial charge in [-0.1, -0.05) is 48.5 Å². The molecule has 120 valence electrons. The number of aromatic nitrogens is 1. The Morgan fingerprint density at radius 3 is 2.21 bits per heavy atom. The summed E-state index contributed by atoms with van der Waals surface area (Å²) in [5.74, 6) is 0.571. The summed E-state index contributed by atoms with van der Waals surface area (Å²) in [7, 11) is 1.63. The number of nitrogens with one attached hydrogen (secondary N) is 1. The number of benzene rings is 2. The number of amides is 1. The van der Waals surface area contributed by atoms with Gasteiger partial charge in [0.1, 0.15) is 11.4 Å². The predicted octanol–water partition coefficient (Wildman–Crippen LogP) is 3.61. The van der Waals surface area contributed by atoms with E-state index >= 15 is 0 Å². The Bertz CT molecular complexity index is 787. The lowest BCUT2D eigenvalue weighted by Gasteiger charge is -2.20. The van der Waals surface area contributed by atoms with Gasteiger partial charge in [-0.15, -0.1) is 0 Å². The molecule has 0 aliphatic heterocycles. The molecule has 3 aromatic rings. The van der Waals surface area contributed by atoms with E-state index in [0.29, 0.717) is 5.69 Å². The van der Waals surface area contributed by atoms with Crippen LogP contribution in [-0.2, 0) is 0 Å². The highest BCUT2D eigenvalue weighted by Crippen LogP contribution is 2.24. The van der Waals surface area contributed by atoms with E-state index < -0.39 is 0 Å². The van der Waals surface area contributed by atoms with E-state index in [-0.39, 0.29) is 11.9 Å². The minimum absolute atomic E-state index is 0.208. The van der Waals surface area contributed by atoms with Gasteiger partial charge in [-0.25, -0.2) is 0 Å². The summed E-state index contributed by atoms with van der Waals surface area (Å²) in [6.07, 6.45) is 1.61. The summed E-state index contributed by atoms with van der Waals surface area (Å²) in [5, 5.41) is 3.06. The molecule has 1 amide bonds. The monoisotopic (exact) mass is 318 g/mol. The average molecular weight is 318 g/mol. The maximum absolute atomic E-state index is 12.5. The molecule has 1 aromatic heterocycles. The molecule has 24 heavy (non-hydrogen) atoms. The lowest BCUT2D eigenvalue weighted by atomic mass is 9.98. The highest BCUT2D eigenvalue weighted by atomic mass is 16.5. The van der Waals surface area contributed by atoms with Crippen molar-refractivity contribution in [2.75, 3.05) is 7.11 Å². The van der Waals surface area contributed by atoms with E-state index in [0.717, 1.165) is 16.9 Å². The third kappa shape index (κ3) is 3.60. The molecular formula is C20H18N2O2. The molecule has 1 N–H and O–H groups in total. The summed E-state index contributed by atoms with van der Waals surface area (Å²) in [6.45, 7) is 0. The molecule has 0 spiro atoms. The average Bonchev–Trinajstić information content (AvgIpc) is 2.67. The Morgan fingerprint density at radius 2 is 1.58 bits per heavy atom. The van der Waals surface area contributed by atoms with Crippen LogP contribution < -0.4 is 10.1 Å². The maximum atomic E-state index is 12.5. The normalized spacial score (nSPS) is 11.5. The highest BCUT2D eigenvalue weighted by Gasteiger charge is 2.18. The summed E-state index contributed by atoms with van der Waals surface area (Å²) in [5.41, 5.74) is 2.38. The fourth-order valence-electron chi connectivity index (χ4n) is 2.50. The van der Waals surface area contributed by atoms with E-state index in [2.05, 4.69) is 10.3 Å². The van der Waals surface area contributed by atoms with Gasteiger partial charge in [0, 0.05) is 6.20 Å². The number of hydrogen-bond donors (Lipinski definition) is 1. The Hall–Kier alpha value is -3.14. The molecular weight excluding hydrogens is 300 g/mol. The number of methoxy groups -OCH3 is 1. The summed E-state index contributed by atoms with van der Waals surface area (Å²) in [6, 6.07) is 22.6. The summed E-state index contributed by atoms with van der Waals surface area (Å²) >= 11 is 0. The minimum Gasteiger partial charge on any atom is -0.497 e. The minimum atomic E-state index is -0.258. The van der Waals surface area contributed by atoms with Crippen LogP contribution in [0.1, 0.15) is 27.7 Å². The number of pyridine rings is 1. The lowest BCUT2D eigenvalue weighted by Crippen LogP contribution is -2.29. The Labute approximate surface area is 141 Å². The van der Waals surface area contributed by atoms with Crippen LogP contribution in [0.4, 0.5) is 0 Å². The first-order valence-corrected chi connectivity index (χ1v) is 7.69.